The third-order valence-electron chi connectivity index (χ3n) is 4.71. The Morgan fingerprint density at radius 1 is 0.765 bits per heavy atom. The lowest BCUT2D eigenvalue weighted by molar-refractivity contribution is -0.118. The Morgan fingerprint density at radius 3 is 1.91 bits per heavy atom. The van der Waals surface area contributed by atoms with E-state index in [2.05, 4.69) is 10.1 Å². The number of ketones is 1. The van der Waals surface area contributed by atoms with Crippen LogP contribution in [0.5, 0.6) is 5.75 Å². The summed E-state index contributed by atoms with van der Waals surface area (Å²) >= 11 is 0. The molecule has 9 heteroatoms. The molecule has 0 atom stereocenters. The van der Waals surface area contributed by atoms with Gasteiger partial charge in [-0.15, -0.1) is 0 Å². The van der Waals surface area contributed by atoms with Gasteiger partial charge in [-0.1, -0.05) is 0 Å². The van der Waals surface area contributed by atoms with E-state index in [0.717, 1.165) is 0 Å². The second-order valence-electron chi connectivity index (χ2n) is 6.94. The fourth-order valence-electron chi connectivity index (χ4n) is 2.99. The van der Waals surface area contributed by atoms with Crippen LogP contribution >= 0.6 is 0 Å². The molecular weight excluding hydrogens is 445 g/mol. The lowest BCUT2D eigenvalue weighted by atomic mass is 10.0. The van der Waals surface area contributed by atoms with Crippen molar-refractivity contribution in [2.24, 2.45) is 0 Å². The number of esters is 2. The first-order valence-corrected chi connectivity index (χ1v) is 9.96. The topological polar surface area (TPSA) is 108 Å². The first-order chi connectivity index (χ1) is 16.3. The number of benzene rings is 3. The molecule has 0 aliphatic carbocycles. The van der Waals surface area contributed by atoms with Crippen molar-refractivity contribution >= 4 is 29.3 Å². The van der Waals surface area contributed by atoms with Gasteiger partial charge in [0.25, 0.3) is 5.91 Å². The van der Waals surface area contributed by atoms with Crippen LogP contribution in [0, 0.1) is 5.82 Å². The van der Waals surface area contributed by atoms with Crippen molar-refractivity contribution in [3.05, 3.63) is 94.8 Å². The van der Waals surface area contributed by atoms with Gasteiger partial charge in [0.15, 0.2) is 12.4 Å². The Kier molecular flexibility index (Phi) is 7.71. The summed E-state index contributed by atoms with van der Waals surface area (Å²) < 4.78 is 27.8. The number of rotatable bonds is 8. The molecule has 0 aliphatic heterocycles. The van der Waals surface area contributed by atoms with Crippen LogP contribution in [0.4, 0.5) is 10.1 Å². The molecule has 174 valence electrons. The van der Waals surface area contributed by atoms with Gasteiger partial charge >= 0.3 is 11.9 Å². The molecule has 3 aromatic carbocycles. The fourth-order valence-corrected chi connectivity index (χ4v) is 2.99. The van der Waals surface area contributed by atoms with Gasteiger partial charge in [-0.3, -0.25) is 9.59 Å². The van der Waals surface area contributed by atoms with E-state index in [9.17, 15) is 23.6 Å². The normalized spacial score (nSPS) is 10.2. The molecule has 1 amide bonds. The zero-order chi connectivity index (χ0) is 24.7. The van der Waals surface area contributed by atoms with Gasteiger partial charge in [0.1, 0.15) is 11.6 Å². The van der Waals surface area contributed by atoms with Crippen molar-refractivity contribution in [2.45, 2.75) is 0 Å². The van der Waals surface area contributed by atoms with Gasteiger partial charge in [-0.2, -0.15) is 0 Å². The summed E-state index contributed by atoms with van der Waals surface area (Å²) in [6.07, 6.45) is 0. The first-order valence-electron chi connectivity index (χ1n) is 9.96. The molecule has 0 fully saturated rings. The summed E-state index contributed by atoms with van der Waals surface area (Å²) in [4.78, 5) is 48.6. The SMILES string of the molecule is COC(=O)c1ccc(C(=O)OC)c(NC(=O)COc2ccc(C(=O)c3ccc(F)cc3)cc2)c1. The molecule has 0 aromatic heterocycles. The molecule has 0 aliphatic rings. The van der Waals surface area contributed by atoms with Crippen LogP contribution in [0.2, 0.25) is 0 Å². The van der Waals surface area contributed by atoms with E-state index in [0.29, 0.717) is 16.9 Å². The van der Waals surface area contributed by atoms with E-state index in [-0.39, 0.29) is 22.6 Å². The van der Waals surface area contributed by atoms with Crippen molar-refractivity contribution in [1.82, 2.24) is 0 Å². The zero-order valence-electron chi connectivity index (χ0n) is 18.3. The molecule has 8 nitrogen and oxygen atoms in total. The van der Waals surface area contributed by atoms with Crippen molar-refractivity contribution in [1.29, 1.82) is 0 Å². The van der Waals surface area contributed by atoms with Gasteiger partial charge in [-0.05, 0) is 66.7 Å². The van der Waals surface area contributed by atoms with Gasteiger partial charge in [-0.25, -0.2) is 14.0 Å². The first kappa shape index (κ1) is 24.1. The van der Waals surface area contributed by atoms with E-state index >= 15 is 0 Å². The Hall–Kier alpha value is -4.53. The third kappa shape index (κ3) is 5.83. The molecule has 3 aromatic rings. The monoisotopic (exact) mass is 465 g/mol. The summed E-state index contributed by atoms with van der Waals surface area (Å²) in [5.41, 5.74) is 0.944. The number of ether oxygens (including phenoxy) is 3. The van der Waals surface area contributed by atoms with Crippen LogP contribution in [0.3, 0.4) is 0 Å². The number of halogens is 1. The zero-order valence-corrected chi connectivity index (χ0v) is 18.3. The number of hydrogen-bond acceptors (Lipinski definition) is 7. The van der Waals surface area contributed by atoms with Gasteiger partial charge < -0.3 is 19.5 Å². The van der Waals surface area contributed by atoms with Crippen molar-refractivity contribution in [3.63, 3.8) is 0 Å². The average Bonchev–Trinajstić information content (AvgIpc) is 2.86. The minimum absolute atomic E-state index is 0.0483. The van der Waals surface area contributed by atoms with E-state index in [4.69, 9.17) is 9.47 Å². The maximum atomic E-state index is 13.0. The van der Waals surface area contributed by atoms with Crippen LogP contribution in [0.15, 0.2) is 66.7 Å². The number of methoxy groups -OCH3 is 2. The largest absolute Gasteiger partial charge is 0.484 e. The lowest BCUT2D eigenvalue weighted by Crippen LogP contribution is -2.22. The van der Waals surface area contributed by atoms with Gasteiger partial charge in [0, 0.05) is 11.1 Å². The second-order valence-corrected chi connectivity index (χ2v) is 6.94. The molecule has 0 bridgehead atoms. The number of carbonyl (C=O) groups is 4. The Bertz CT molecular complexity index is 1220. The fraction of sp³-hybridized carbons (Fsp3) is 0.120. The summed E-state index contributed by atoms with van der Waals surface area (Å²) in [7, 11) is 2.40. The molecule has 0 spiro atoms. The number of nitrogens with one attached hydrogen (secondary N) is 1. The van der Waals surface area contributed by atoms with E-state index in [1.807, 2.05) is 0 Å². The lowest BCUT2D eigenvalue weighted by Gasteiger charge is -2.12. The van der Waals surface area contributed by atoms with Gasteiger partial charge in [0.2, 0.25) is 0 Å². The van der Waals surface area contributed by atoms with Crippen molar-refractivity contribution in [3.8, 4) is 5.75 Å². The third-order valence-corrected chi connectivity index (χ3v) is 4.71. The maximum absolute atomic E-state index is 13.0. The molecular formula is C25H20FNO7. The average molecular weight is 465 g/mol. The molecule has 34 heavy (non-hydrogen) atoms. The molecule has 0 heterocycles. The summed E-state index contributed by atoms with van der Waals surface area (Å²) in [6, 6.07) is 15.3. The molecule has 0 radical (unpaired) electrons. The number of amides is 1. The Balaban J connectivity index is 1.65. The predicted octanol–water partition coefficient (Wildman–Crippen LogP) is 3.65. The number of hydrogen-bond donors (Lipinski definition) is 1. The predicted molar refractivity (Wildman–Crippen MR) is 120 cm³/mol. The van der Waals surface area contributed by atoms with E-state index < -0.39 is 30.3 Å². The van der Waals surface area contributed by atoms with Crippen LogP contribution in [-0.4, -0.2) is 44.5 Å². The van der Waals surface area contributed by atoms with Crippen LogP contribution < -0.4 is 10.1 Å². The standard InChI is InChI=1S/C25H20FNO7/c1-32-24(30)17-7-12-20(25(31)33-2)21(13-17)27-22(28)14-34-19-10-5-16(6-11-19)23(29)15-3-8-18(26)9-4-15/h3-13H,14H2,1-2H3,(H,27,28). The highest BCUT2D eigenvalue weighted by Gasteiger charge is 2.18. The minimum atomic E-state index is -0.700. The van der Waals surface area contributed by atoms with Gasteiger partial charge in [0.05, 0.1) is 31.0 Å². The van der Waals surface area contributed by atoms with Crippen LogP contribution in [0.1, 0.15) is 36.6 Å². The highest BCUT2D eigenvalue weighted by molar-refractivity contribution is 6.09. The Labute approximate surface area is 194 Å². The molecule has 3 rings (SSSR count). The van der Waals surface area contributed by atoms with Crippen LogP contribution in [0.25, 0.3) is 0 Å². The maximum Gasteiger partial charge on any atom is 0.339 e. The van der Waals surface area contributed by atoms with Crippen molar-refractivity contribution < 1.29 is 37.8 Å². The highest BCUT2D eigenvalue weighted by Crippen LogP contribution is 2.20. The summed E-state index contributed by atoms with van der Waals surface area (Å²) in [5, 5.41) is 2.51. The van der Waals surface area contributed by atoms with Crippen molar-refractivity contribution in [2.75, 3.05) is 26.1 Å². The molecule has 0 unspecified atom stereocenters. The van der Waals surface area contributed by atoms with E-state index in [1.165, 1.54) is 80.9 Å². The summed E-state index contributed by atoms with van der Waals surface area (Å²) in [5.74, 6) is -2.34. The number of carbonyl (C=O) groups excluding carboxylic acids is 4. The molecule has 0 saturated heterocycles. The minimum Gasteiger partial charge on any atom is -0.484 e. The smallest absolute Gasteiger partial charge is 0.339 e. The summed E-state index contributed by atoms with van der Waals surface area (Å²) in [6.45, 7) is -0.408. The highest BCUT2D eigenvalue weighted by atomic mass is 19.1. The molecule has 0 saturated carbocycles. The number of anilines is 1. The Morgan fingerprint density at radius 2 is 1.32 bits per heavy atom. The van der Waals surface area contributed by atoms with E-state index in [1.54, 1.807) is 0 Å². The quantitative estimate of drug-likeness (QED) is 0.400. The van der Waals surface area contributed by atoms with Crippen LogP contribution in [-0.2, 0) is 14.3 Å². The molecule has 1 N–H and O–H groups in total. The second kappa shape index (κ2) is 10.9.